The van der Waals surface area contributed by atoms with Crippen LogP contribution in [-0.2, 0) is 15.7 Å². The molecule has 12 heteroatoms. The molecule has 2 spiro atoms. The summed E-state index contributed by atoms with van der Waals surface area (Å²) in [7, 11) is 0. The van der Waals surface area contributed by atoms with E-state index in [4.69, 9.17) is 27.0 Å². The summed E-state index contributed by atoms with van der Waals surface area (Å²) >= 11 is 5.67. The SMILES string of the molecule is N#Cc1ncc(N2C(=O)C3(CCC3)N(c3ccc(OCCN4CCC5(CCCO5)CC4)cc3)C2=S)cc1C(F)(F)F. The van der Waals surface area contributed by atoms with E-state index >= 15 is 0 Å². The second kappa shape index (κ2) is 10.5. The van der Waals surface area contributed by atoms with Crippen LogP contribution >= 0.6 is 12.2 Å². The number of hydrogen-bond donors (Lipinski definition) is 0. The Morgan fingerprint density at radius 1 is 1.07 bits per heavy atom. The zero-order chi connectivity index (χ0) is 28.8. The molecule has 0 atom stereocenters. The summed E-state index contributed by atoms with van der Waals surface area (Å²) in [5.41, 5.74) is -2.27. The van der Waals surface area contributed by atoms with Gasteiger partial charge in [-0.1, -0.05) is 0 Å². The van der Waals surface area contributed by atoms with Crippen LogP contribution in [0, 0.1) is 11.3 Å². The van der Waals surface area contributed by atoms with Gasteiger partial charge in [-0.25, -0.2) is 4.98 Å². The number of nitrogens with zero attached hydrogens (tertiary/aromatic N) is 5. The molecule has 1 aromatic heterocycles. The number of alkyl halides is 3. The van der Waals surface area contributed by atoms with Crippen molar-refractivity contribution >= 4 is 34.6 Å². The summed E-state index contributed by atoms with van der Waals surface area (Å²) in [6.45, 7) is 4.24. The number of hydrogen-bond acceptors (Lipinski definition) is 7. The number of carbonyl (C=O) groups is 1. The number of nitriles is 1. The Morgan fingerprint density at radius 3 is 2.39 bits per heavy atom. The first-order valence-corrected chi connectivity index (χ1v) is 14.3. The molecule has 0 bridgehead atoms. The Kier molecular flexibility index (Phi) is 7.16. The van der Waals surface area contributed by atoms with Gasteiger partial charge in [-0.3, -0.25) is 14.6 Å². The molecule has 1 amide bonds. The average molecular weight is 586 g/mol. The number of ether oxygens (including phenoxy) is 2. The smallest absolute Gasteiger partial charge is 0.419 e. The molecule has 2 aromatic rings. The van der Waals surface area contributed by atoms with Gasteiger partial charge in [-0.15, -0.1) is 0 Å². The van der Waals surface area contributed by atoms with Crippen LogP contribution in [0.5, 0.6) is 5.75 Å². The summed E-state index contributed by atoms with van der Waals surface area (Å²) in [6, 6.07) is 9.51. The lowest BCUT2D eigenvalue weighted by Gasteiger charge is -2.43. The maximum absolute atomic E-state index is 13.6. The van der Waals surface area contributed by atoms with Crippen LogP contribution in [0.4, 0.5) is 24.5 Å². The van der Waals surface area contributed by atoms with E-state index < -0.39 is 23.0 Å². The zero-order valence-electron chi connectivity index (χ0n) is 22.5. The van der Waals surface area contributed by atoms with Crippen molar-refractivity contribution in [3.05, 3.63) is 47.8 Å². The van der Waals surface area contributed by atoms with Gasteiger partial charge in [0.15, 0.2) is 10.8 Å². The average Bonchev–Trinajstić information content (AvgIpc) is 3.49. The van der Waals surface area contributed by atoms with E-state index in [0.29, 0.717) is 30.9 Å². The fraction of sp³-hybridized carbons (Fsp3) is 0.517. The first-order valence-electron chi connectivity index (χ1n) is 13.9. The van der Waals surface area contributed by atoms with Crippen molar-refractivity contribution in [2.24, 2.45) is 0 Å². The molecule has 8 nitrogen and oxygen atoms in total. The van der Waals surface area contributed by atoms with E-state index in [1.54, 1.807) is 4.90 Å². The van der Waals surface area contributed by atoms with Crippen molar-refractivity contribution < 1.29 is 27.4 Å². The molecule has 3 saturated heterocycles. The molecule has 216 valence electrons. The molecule has 3 aliphatic heterocycles. The van der Waals surface area contributed by atoms with Crippen LogP contribution in [0.3, 0.4) is 0 Å². The van der Waals surface area contributed by atoms with Gasteiger partial charge in [-0.2, -0.15) is 18.4 Å². The van der Waals surface area contributed by atoms with Crippen molar-refractivity contribution in [2.45, 2.75) is 62.3 Å². The second-order valence-electron chi connectivity index (χ2n) is 11.2. The topological polar surface area (TPSA) is 81.9 Å². The Morgan fingerprint density at radius 2 is 1.80 bits per heavy atom. The minimum Gasteiger partial charge on any atom is -0.492 e. The predicted molar refractivity (Wildman–Crippen MR) is 149 cm³/mol. The minimum absolute atomic E-state index is 0.0807. The Bertz CT molecular complexity index is 1370. The molecule has 6 rings (SSSR count). The Hall–Kier alpha value is -3.27. The number of amides is 1. The molecule has 1 saturated carbocycles. The third kappa shape index (κ3) is 4.94. The van der Waals surface area contributed by atoms with Crippen molar-refractivity contribution in [3.63, 3.8) is 0 Å². The summed E-state index contributed by atoms with van der Waals surface area (Å²) in [5, 5.41) is 9.18. The van der Waals surface area contributed by atoms with Gasteiger partial charge >= 0.3 is 6.18 Å². The lowest BCUT2D eigenvalue weighted by atomic mass is 9.75. The number of carbonyl (C=O) groups excluding carboxylic acids is 1. The summed E-state index contributed by atoms with van der Waals surface area (Å²) in [5.74, 6) is 0.295. The zero-order valence-corrected chi connectivity index (χ0v) is 23.3. The standard InChI is InChI=1S/C29H30F3N5O3S/c30-29(31,32)23-17-21(19-34-24(23)18-33)36-25(38)28(8-1-9-28)37(26(36)41)20-3-5-22(6-4-20)39-16-14-35-12-10-27(11-13-35)7-2-15-40-27/h3-6,17,19H,1-2,7-16H2. The minimum atomic E-state index is -4.80. The summed E-state index contributed by atoms with van der Waals surface area (Å²) in [4.78, 5) is 22.6. The van der Waals surface area contributed by atoms with Crippen LogP contribution in [0.1, 0.15) is 56.2 Å². The van der Waals surface area contributed by atoms with Gasteiger partial charge in [0.1, 0.15) is 24.0 Å². The number of benzene rings is 1. The molecule has 4 aliphatic rings. The number of thiocarbonyl (C=S) groups is 1. The highest BCUT2D eigenvalue weighted by Gasteiger charge is 2.59. The molecule has 41 heavy (non-hydrogen) atoms. The van der Waals surface area contributed by atoms with Gasteiger partial charge in [0.25, 0.3) is 5.91 Å². The van der Waals surface area contributed by atoms with Crippen LogP contribution in [-0.4, -0.2) is 64.9 Å². The highest BCUT2D eigenvalue weighted by Crippen LogP contribution is 2.48. The van der Waals surface area contributed by atoms with Crippen molar-refractivity contribution in [2.75, 3.05) is 42.6 Å². The van der Waals surface area contributed by atoms with Crippen molar-refractivity contribution in [1.29, 1.82) is 5.26 Å². The fourth-order valence-corrected chi connectivity index (χ4v) is 6.88. The maximum Gasteiger partial charge on any atom is 0.419 e. The van der Waals surface area contributed by atoms with Crippen LogP contribution in [0.2, 0.25) is 0 Å². The van der Waals surface area contributed by atoms with Crippen LogP contribution in [0.25, 0.3) is 0 Å². The number of rotatable bonds is 6. The second-order valence-corrected chi connectivity index (χ2v) is 11.5. The highest BCUT2D eigenvalue weighted by molar-refractivity contribution is 7.81. The largest absolute Gasteiger partial charge is 0.492 e. The van der Waals surface area contributed by atoms with Gasteiger partial charge in [-0.05, 0) is 87.5 Å². The third-order valence-corrected chi connectivity index (χ3v) is 9.22. The fourth-order valence-electron chi connectivity index (χ4n) is 6.41. The van der Waals surface area contributed by atoms with Gasteiger partial charge < -0.3 is 14.4 Å². The maximum atomic E-state index is 13.6. The molecule has 0 unspecified atom stereocenters. The lowest BCUT2D eigenvalue weighted by Crippen LogP contribution is -2.55. The van der Waals surface area contributed by atoms with Gasteiger partial charge in [0.2, 0.25) is 0 Å². The van der Waals surface area contributed by atoms with E-state index in [1.807, 2.05) is 24.3 Å². The number of piperidine rings is 1. The number of halogens is 3. The molecular weight excluding hydrogens is 555 g/mol. The molecule has 4 heterocycles. The van der Waals surface area contributed by atoms with E-state index in [0.717, 1.165) is 75.5 Å². The predicted octanol–water partition coefficient (Wildman–Crippen LogP) is 5.06. The van der Waals surface area contributed by atoms with E-state index in [9.17, 15) is 18.0 Å². The highest BCUT2D eigenvalue weighted by atomic mass is 32.1. The first-order chi connectivity index (χ1) is 19.7. The van der Waals surface area contributed by atoms with Gasteiger partial charge in [0, 0.05) is 31.9 Å². The van der Waals surface area contributed by atoms with Crippen LogP contribution < -0.4 is 14.5 Å². The van der Waals surface area contributed by atoms with Crippen molar-refractivity contribution in [1.82, 2.24) is 9.88 Å². The Balaban J connectivity index is 1.14. The normalized spacial score (nSPS) is 21.9. The molecule has 1 aromatic carbocycles. The number of aromatic nitrogens is 1. The van der Waals surface area contributed by atoms with Crippen molar-refractivity contribution in [3.8, 4) is 11.8 Å². The molecule has 0 radical (unpaired) electrons. The number of likely N-dealkylation sites (tertiary alicyclic amines) is 1. The number of anilines is 2. The van der Waals surface area contributed by atoms with E-state index in [1.165, 1.54) is 6.07 Å². The molecule has 4 fully saturated rings. The number of pyridine rings is 1. The van der Waals surface area contributed by atoms with E-state index in [-0.39, 0.29) is 22.3 Å². The first kappa shape index (κ1) is 27.9. The van der Waals surface area contributed by atoms with Crippen LogP contribution in [0.15, 0.2) is 36.5 Å². The van der Waals surface area contributed by atoms with Gasteiger partial charge in [0.05, 0.1) is 23.0 Å². The third-order valence-electron chi connectivity index (χ3n) is 8.86. The Labute approximate surface area is 241 Å². The molecular formula is C29H30F3N5O3S. The summed E-state index contributed by atoms with van der Waals surface area (Å²) in [6.07, 6.45) is 2.57. The summed E-state index contributed by atoms with van der Waals surface area (Å²) < 4.78 is 52.8. The molecule has 0 N–H and O–H groups in total. The monoisotopic (exact) mass is 585 g/mol. The molecule has 1 aliphatic carbocycles. The quantitative estimate of drug-likeness (QED) is 0.436. The van der Waals surface area contributed by atoms with E-state index in [2.05, 4.69) is 9.88 Å². The lowest BCUT2D eigenvalue weighted by molar-refractivity contribution is -0.138.